The van der Waals surface area contributed by atoms with Gasteiger partial charge in [-0.3, -0.25) is 14.7 Å². The van der Waals surface area contributed by atoms with Gasteiger partial charge in [0, 0.05) is 51.4 Å². The van der Waals surface area contributed by atoms with Gasteiger partial charge in [0.1, 0.15) is 11.8 Å². The predicted molar refractivity (Wildman–Crippen MR) is 125 cm³/mol. The van der Waals surface area contributed by atoms with Gasteiger partial charge < -0.3 is 20.6 Å². The molecule has 2 rings (SSSR count). The molecule has 7 nitrogen and oxygen atoms in total. The molecule has 0 radical (unpaired) electrons. The predicted octanol–water partition coefficient (Wildman–Crippen LogP) is 2.66. The molecule has 1 aliphatic rings. The number of phenolic OH excluding ortho intramolecular Hbond substituents is 1. The van der Waals surface area contributed by atoms with Gasteiger partial charge >= 0.3 is 6.18 Å². The van der Waals surface area contributed by atoms with Crippen LogP contribution in [0.3, 0.4) is 0 Å². The van der Waals surface area contributed by atoms with Gasteiger partial charge in [-0.1, -0.05) is 6.07 Å². The van der Waals surface area contributed by atoms with Gasteiger partial charge in [0.2, 0.25) is 0 Å². The average molecular weight is 557 g/mol. The third-order valence-corrected chi connectivity index (χ3v) is 4.96. The van der Waals surface area contributed by atoms with Gasteiger partial charge in [0.15, 0.2) is 5.96 Å². The van der Waals surface area contributed by atoms with E-state index in [2.05, 4.69) is 15.6 Å². The Hall–Kier alpha value is -1.76. The van der Waals surface area contributed by atoms with Crippen LogP contribution in [0.2, 0.25) is 0 Å². The Morgan fingerprint density at radius 3 is 2.48 bits per heavy atom. The Morgan fingerprint density at radius 1 is 1.23 bits per heavy atom. The van der Waals surface area contributed by atoms with Crippen molar-refractivity contribution >= 4 is 35.8 Å². The minimum atomic E-state index is -4.22. The van der Waals surface area contributed by atoms with Gasteiger partial charge in [-0.05, 0) is 38.5 Å². The quantitative estimate of drug-likeness (QED) is 0.208. The molecule has 1 aromatic rings. The minimum Gasteiger partial charge on any atom is -0.508 e. The number of halogens is 4. The molecule has 1 unspecified atom stereocenters. The van der Waals surface area contributed by atoms with Crippen molar-refractivity contribution in [2.75, 3.05) is 45.8 Å². The van der Waals surface area contributed by atoms with Gasteiger partial charge in [0.05, 0.1) is 0 Å². The number of amides is 1. The van der Waals surface area contributed by atoms with Gasteiger partial charge in [-0.2, -0.15) is 13.2 Å². The molecule has 0 spiro atoms. The zero-order chi connectivity index (χ0) is 22.1. The van der Waals surface area contributed by atoms with Crippen LogP contribution >= 0.6 is 24.0 Å². The van der Waals surface area contributed by atoms with Crippen molar-refractivity contribution in [2.24, 2.45) is 4.99 Å². The monoisotopic (exact) mass is 557 g/mol. The average Bonchev–Trinajstić information content (AvgIpc) is 2.71. The molecule has 1 aliphatic heterocycles. The fourth-order valence-corrected chi connectivity index (χ4v) is 3.17. The Bertz CT molecular complexity index is 725. The highest BCUT2D eigenvalue weighted by Gasteiger charge is 2.41. The number of nitrogens with one attached hydrogen (secondary N) is 2. The van der Waals surface area contributed by atoms with Crippen LogP contribution in [-0.2, 0) is 0 Å². The number of hydrogen-bond acceptors (Lipinski definition) is 4. The highest BCUT2D eigenvalue weighted by molar-refractivity contribution is 14.0. The standard InChI is InChI=1S/C20H30F3N5O2.HI/c1-3-24-19(28-12-10-27(11-13-28)15(2)20(21,22)23)26-9-5-8-25-18(30)16-6-4-7-17(29)14-16;/h4,6-7,14-15,29H,3,5,8-13H2,1-2H3,(H,24,26)(H,25,30);1H. The lowest BCUT2D eigenvalue weighted by Gasteiger charge is -2.39. The van der Waals surface area contributed by atoms with Crippen molar-refractivity contribution < 1.29 is 23.1 Å². The minimum absolute atomic E-state index is 0. The maximum atomic E-state index is 12.9. The maximum Gasteiger partial charge on any atom is 0.403 e. The summed E-state index contributed by atoms with van der Waals surface area (Å²) >= 11 is 0. The number of aliphatic imine (C=N–C) groups is 1. The second-order valence-corrected chi connectivity index (χ2v) is 7.14. The topological polar surface area (TPSA) is 80.2 Å². The Labute approximate surface area is 198 Å². The Kier molecular flexibility index (Phi) is 11.4. The van der Waals surface area contributed by atoms with E-state index in [1.807, 2.05) is 11.8 Å². The number of rotatable bonds is 7. The first kappa shape index (κ1) is 27.3. The summed E-state index contributed by atoms with van der Waals surface area (Å²) in [5, 5.41) is 15.4. The number of aromatic hydroxyl groups is 1. The van der Waals surface area contributed by atoms with Crippen molar-refractivity contribution in [3.05, 3.63) is 29.8 Å². The first-order valence-electron chi connectivity index (χ1n) is 10.1. The zero-order valence-corrected chi connectivity index (χ0v) is 20.1. The number of phenols is 1. The Morgan fingerprint density at radius 2 is 1.90 bits per heavy atom. The van der Waals surface area contributed by atoms with Crippen molar-refractivity contribution in [3.63, 3.8) is 0 Å². The lowest BCUT2D eigenvalue weighted by Crippen LogP contribution is -2.56. The smallest absolute Gasteiger partial charge is 0.403 e. The van der Waals surface area contributed by atoms with Crippen molar-refractivity contribution in [2.45, 2.75) is 32.5 Å². The number of guanidine groups is 1. The fraction of sp³-hybridized carbons (Fsp3) is 0.600. The van der Waals surface area contributed by atoms with E-state index >= 15 is 0 Å². The maximum absolute atomic E-state index is 12.9. The van der Waals surface area contributed by atoms with Crippen molar-refractivity contribution in [1.82, 2.24) is 20.4 Å². The summed E-state index contributed by atoms with van der Waals surface area (Å²) in [6.07, 6.45) is -3.60. The van der Waals surface area contributed by atoms with Crippen LogP contribution < -0.4 is 10.6 Å². The third-order valence-electron chi connectivity index (χ3n) is 4.96. The largest absolute Gasteiger partial charge is 0.508 e. The third kappa shape index (κ3) is 8.71. The number of alkyl halides is 3. The molecule has 1 amide bonds. The number of carbonyl (C=O) groups is 1. The van der Waals surface area contributed by atoms with Crippen LogP contribution in [0.5, 0.6) is 5.75 Å². The summed E-state index contributed by atoms with van der Waals surface area (Å²) in [5.74, 6) is 0.445. The number of carbonyl (C=O) groups excluding carboxylic acids is 1. The molecule has 176 valence electrons. The molecule has 0 saturated carbocycles. The van der Waals surface area contributed by atoms with Crippen molar-refractivity contribution in [1.29, 1.82) is 0 Å². The summed E-state index contributed by atoms with van der Waals surface area (Å²) in [4.78, 5) is 20.0. The zero-order valence-electron chi connectivity index (χ0n) is 17.8. The number of hydrogen-bond donors (Lipinski definition) is 3. The van der Waals surface area contributed by atoms with E-state index in [-0.39, 0.29) is 35.6 Å². The van der Waals surface area contributed by atoms with Gasteiger partial charge in [-0.25, -0.2) is 0 Å². The molecule has 1 aromatic carbocycles. The van der Waals surface area contributed by atoms with E-state index in [0.29, 0.717) is 63.8 Å². The first-order chi connectivity index (χ1) is 14.2. The SMILES string of the molecule is CCNC(=NCCCNC(=O)c1cccc(O)c1)N1CCN(C(C)C(F)(F)F)CC1.I. The molecule has 0 bridgehead atoms. The number of benzene rings is 1. The summed E-state index contributed by atoms with van der Waals surface area (Å²) in [5.41, 5.74) is 0.387. The first-order valence-corrected chi connectivity index (χ1v) is 10.1. The van der Waals surface area contributed by atoms with Crippen LogP contribution in [0.1, 0.15) is 30.6 Å². The summed E-state index contributed by atoms with van der Waals surface area (Å²) in [7, 11) is 0. The summed E-state index contributed by atoms with van der Waals surface area (Å²) < 4.78 is 38.7. The van der Waals surface area contributed by atoms with E-state index < -0.39 is 12.2 Å². The van der Waals surface area contributed by atoms with E-state index in [1.54, 1.807) is 12.1 Å². The molecule has 31 heavy (non-hydrogen) atoms. The van der Waals surface area contributed by atoms with E-state index in [1.165, 1.54) is 24.0 Å². The molecule has 0 aliphatic carbocycles. The summed E-state index contributed by atoms with van der Waals surface area (Å²) in [6.45, 7) is 6.28. The fourth-order valence-electron chi connectivity index (χ4n) is 3.17. The molecule has 3 N–H and O–H groups in total. The van der Waals surface area contributed by atoms with Gasteiger partial charge in [-0.15, -0.1) is 24.0 Å². The van der Waals surface area contributed by atoms with E-state index in [4.69, 9.17) is 0 Å². The highest BCUT2D eigenvalue weighted by atomic mass is 127. The van der Waals surface area contributed by atoms with Crippen LogP contribution in [0, 0.1) is 0 Å². The molecule has 11 heteroatoms. The summed E-state index contributed by atoms with van der Waals surface area (Å²) in [6, 6.07) is 4.67. The molecule has 0 aromatic heterocycles. The number of nitrogens with zero attached hydrogens (tertiary/aromatic N) is 3. The lowest BCUT2D eigenvalue weighted by atomic mass is 10.2. The van der Waals surface area contributed by atoms with E-state index in [0.717, 1.165) is 0 Å². The molecular weight excluding hydrogens is 526 g/mol. The van der Waals surface area contributed by atoms with E-state index in [9.17, 15) is 23.1 Å². The van der Waals surface area contributed by atoms with Crippen LogP contribution in [0.4, 0.5) is 13.2 Å². The number of piperazine rings is 1. The molecule has 1 atom stereocenters. The van der Waals surface area contributed by atoms with Crippen LogP contribution in [0.25, 0.3) is 0 Å². The molecular formula is C20H31F3IN5O2. The normalized spacial score (nSPS) is 16.4. The second-order valence-electron chi connectivity index (χ2n) is 7.14. The van der Waals surface area contributed by atoms with Crippen LogP contribution in [-0.4, -0.2) is 84.8 Å². The molecule has 1 heterocycles. The van der Waals surface area contributed by atoms with Gasteiger partial charge in [0.25, 0.3) is 5.91 Å². The highest BCUT2D eigenvalue weighted by Crippen LogP contribution is 2.25. The molecule has 1 fully saturated rings. The Balaban J connectivity index is 0.00000480. The lowest BCUT2D eigenvalue weighted by molar-refractivity contribution is -0.181. The van der Waals surface area contributed by atoms with Crippen molar-refractivity contribution in [3.8, 4) is 5.75 Å². The van der Waals surface area contributed by atoms with Crippen LogP contribution in [0.15, 0.2) is 29.3 Å². The second kappa shape index (κ2) is 12.9. The molecule has 1 saturated heterocycles.